The van der Waals surface area contributed by atoms with Gasteiger partial charge in [0.05, 0.1) is 24.3 Å². The summed E-state index contributed by atoms with van der Waals surface area (Å²) in [4.78, 5) is 10.9. The summed E-state index contributed by atoms with van der Waals surface area (Å²) in [6, 6.07) is 1.79. The third-order valence-corrected chi connectivity index (χ3v) is 2.43. The molecule has 0 saturated carbocycles. The van der Waals surface area contributed by atoms with E-state index in [9.17, 15) is 4.79 Å². The highest BCUT2D eigenvalue weighted by Gasteiger charge is 2.26. The monoisotopic (exact) mass is 194 g/mol. The van der Waals surface area contributed by atoms with Crippen LogP contribution in [0.5, 0.6) is 0 Å². The van der Waals surface area contributed by atoms with Crippen LogP contribution in [-0.4, -0.2) is 16.1 Å². The first kappa shape index (κ1) is 9.27. The van der Waals surface area contributed by atoms with Crippen LogP contribution in [0, 0.1) is 0 Å². The summed E-state index contributed by atoms with van der Waals surface area (Å²) in [5, 5.41) is 0. The fourth-order valence-corrected chi connectivity index (χ4v) is 1.68. The molecule has 0 fully saturated rings. The predicted octanol–water partition coefficient (Wildman–Crippen LogP) is 0.896. The molecule has 0 aromatic carbocycles. The van der Waals surface area contributed by atoms with Gasteiger partial charge < -0.3 is 15.0 Å². The zero-order chi connectivity index (χ0) is 10.3. The Morgan fingerprint density at radius 1 is 1.64 bits per heavy atom. The number of primary amides is 1. The van der Waals surface area contributed by atoms with Gasteiger partial charge in [-0.25, -0.2) is 0 Å². The van der Waals surface area contributed by atoms with Gasteiger partial charge in [0.2, 0.25) is 5.91 Å². The number of aromatic nitrogens is 1. The molecule has 76 valence electrons. The number of hydrogen-bond acceptors (Lipinski definition) is 2. The number of carbonyl (C=O) groups excluding carboxylic acids is 1. The molecule has 4 nitrogen and oxygen atoms in total. The Morgan fingerprint density at radius 3 is 3.00 bits per heavy atom. The van der Waals surface area contributed by atoms with E-state index in [0.29, 0.717) is 12.2 Å². The van der Waals surface area contributed by atoms with Crippen LogP contribution in [0.2, 0.25) is 0 Å². The minimum atomic E-state index is -0.385. The highest BCUT2D eigenvalue weighted by molar-refractivity contribution is 5.92. The van der Waals surface area contributed by atoms with Crippen LogP contribution in [0.15, 0.2) is 12.3 Å². The van der Waals surface area contributed by atoms with Gasteiger partial charge in [0, 0.05) is 11.9 Å². The molecule has 0 atom stereocenters. The van der Waals surface area contributed by atoms with Crippen LogP contribution >= 0.6 is 0 Å². The Labute approximate surface area is 82.6 Å². The number of nitrogens with zero attached hydrogens (tertiary/aromatic N) is 1. The van der Waals surface area contributed by atoms with Gasteiger partial charge >= 0.3 is 0 Å². The van der Waals surface area contributed by atoms with Crippen molar-refractivity contribution in [3.8, 4) is 0 Å². The van der Waals surface area contributed by atoms with Gasteiger partial charge in [-0.1, -0.05) is 0 Å². The quantitative estimate of drug-likeness (QED) is 0.722. The van der Waals surface area contributed by atoms with Gasteiger partial charge in [-0.2, -0.15) is 0 Å². The molecule has 4 heteroatoms. The lowest BCUT2D eigenvalue weighted by Gasteiger charge is -2.31. The fourth-order valence-electron chi connectivity index (χ4n) is 1.68. The van der Waals surface area contributed by atoms with Gasteiger partial charge in [-0.05, 0) is 19.9 Å². The van der Waals surface area contributed by atoms with Crippen molar-refractivity contribution >= 4 is 5.91 Å². The van der Waals surface area contributed by atoms with E-state index < -0.39 is 0 Å². The average molecular weight is 194 g/mol. The van der Waals surface area contributed by atoms with E-state index in [2.05, 4.69) is 0 Å². The maximum absolute atomic E-state index is 10.9. The normalized spacial score (nSPS) is 19.0. The fraction of sp³-hybridized carbons (Fsp3) is 0.500. The predicted molar refractivity (Wildman–Crippen MR) is 51.8 cm³/mol. The summed E-state index contributed by atoms with van der Waals surface area (Å²) in [7, 11) is 0. The first-order valence-electron chi connectivity index (χ1n) is 4.61. The van der Waals surface area contributed by atoms with Crippen molar-refractivity contribution in [1.82, 2.24) is 4.57 Å². The molecule has 2 heterocycles. The molecule has 0 radical (unpaired) electrons. The summed E-state index contributed by atoms with van der Waals surface area (Å²) < 4.78 is 7.64. The van der Waals surface area contributed by atoms with E-state index in [1.54, 1.807) is 12.3 Å². The molecule has 1 aliphatic rings. The average Bonchev–Trinajstić information content (AvgIpc) is 2.45. The second-order valence-electron chi connectivity index (χ2n) is 4.26. The molecular weight excluding hydrogens is 180 g/mol. The Hall–Kier alpha value is -1.29. The highest BCUT2D eigenvalue weighted by atomic mass is 16.5. The molecule has 0 unspecified atom stereocenters. The molecule has 0 spiro atoms. The van der Waals surface area contributed by atoms with Crippen LogP contribution < -0.4 is 5.73 Å². The number of amides is 1. The topological polar surface area (TPSA) is 57.2 Å². The number of fused-ring (bicyclic) bond motifs is 1. The zero-order valence-corrected chi connectivity index (χ0v) is 8.41. The molecule has 1 amide bonds. The summed E-state index contributed by atoms with van der Waals surface area (Å²) >= 11 is 0. The largest absolute Gasteiger partial charge is 0.368 e. The number of nitrogens with two attached hydrogens (primary N) is 1. The van der Waals surface area contributed by atoms with Gasteiger partial charge in [-0.15, -0.1) is 0 Å². The molecular formula is C10H14N2O2. The second-order valence-corrected chi connectivity index (χ2v) is 4.26. The van der Waals surface area contributed by atoms with Crippen molar-refractivity contribution in [2.45, 2.75) is 32.6 Å². The maximum atomic E-state index is 10.9. The molecule has 2 rings (SSSR count). The van der Waals surface area contributed by atoms with E-state index in [0.717, 1.165) is 12.2 Å². The van der Waals surface area contributed by atoms with Crippen molar-refractivity contribution in [2.24, 2.45) is 5.73 Å². The lowest BCUT2D eigenvalue weighted by atomic mass is 10.1. The Kier molecular flexibility index (Phi) is 1.89. The van der Waals surface area contributed by atoms with E-state index in [1.165, 1.54) is 0 Å². The van der Waals surface area contributed by atoms with E-state index >= 15 is 0 Å². The minimum Gasteiger partial charge on any atom is -0.368 e. The molecule has 14 heavy (non-hydrogen) atoms. The smallest absolute Gasteiger partial charge is 0.250 e. The highest BCUT2D eigenvalue weighted by Crippen LogP contribution is 2.24. The summed E-state index contributed by atoms with van der Waals surface area (Å²) in [5.41, 5.74) is 6.60. The third kappa shape index (κ3) is 1.53. The minimum absolute atomic E-state index is 0.166. The SMILES string of the molecule is CC1(C)Cn2cc(C(N)=O)cc2CO1. The molecule has 0 saturated heterocycles. The van der Waals surface area contributed by atoms with Gasteiger partial charge in [0.15, 0.2) is 0 Å². The van der Waals surface area contributed by atoms with Crippen molar-refractivity contribution < 1.29 is 9.53 Å². The lowest BCUT2D eigenvalue weighted by molar-refractivity contribution is -0.0625. The standard InChI is InChI=1S/C10H14N2O2/c1-10(2)6-12-4-7(9(11)13)3-8(12)5-14-10/h3-4H,5-6H2,1-2H3,(H2,11,13). The van der Waals surface area contributed by atoms with Gasteiger partial charge in [0.25, 0.3) is 0 Å². The van der Waals surface area contributed by atoms with Crippen LogP contribution in [0.3, 0.4) is 0 Å². The van der Waals surface area contributed by atoms with Crippen LogP contribution in [-0.2, 0) is 17.9 Å². The van der Waals surface area contributed by atoms with Crippen LogP contribution in [0.25, 0.3) is 0 Å². The Balaban J connectivity index is 2.34. The first-order valence-corrected chi connectivity index (χ1v) is 4.61. The number of rotatable bonds is 1. The first-order chi connectivity index (χ1) is 6.48. The zero-order valence-electron chi connectivity index (χ0n) is 8.41. The Morgan fingerprint density at radius 2 is 2.36 bits per heavy atom. The van der Waals surface area contributed by atoms with Gasteiger partial charge in [-0.3, -0.25) is 4.79 Å². The Bertz CT molecular complexity index is 379. The van der Waals surface area contributed by atoms with Crippen molar-refractivity contribution in [3.63, 3.8) is 0 Å². The molecule has 1 aromatic heterocycles. The lowest BCUT2D eigenvalue weighted by Crippen LogP contribution is -2.35. The van der Waals surface area contributed by atoms with E-state index in [4.69, 9.17) is 10.5 Å². The van der Waals surface area contributed by atoms with Crippen molar-refractivity contribution in [1.29, 1.82) is 0 Å². The third-order valence-electron chi connectivity index (χ3n) is 2.43. The van der Waals surface area contributed by atoms with E-state index in [-0.39, 0.29) is 11.5 Å². The summed E-state index contributed by atoms with van der Waals surface area (Å²) in [6.07, 6.45) is 1.79. The molecule has 2 N–H and O–H groups in total. The number of hydrogen-bond donors (Lipinski definition) is 1. The number of ether oxygens (including phenoxy) is 1. The van der Waals surface area contributed by atoms with Crippen molar-refractivity contribution in [3.05, 3.63) is 23.5 Å². The van der Waals surface area contributed by atoms with Crippen LogP contribution in [0.1, 0.15) is 29.9 Å². The van der Waals surface area contributed by atoms with Gasteiger partial charge in [0.1, 0.15) is 0 Å². The summed E-state index contributed by atoms with van der Waals surface area (Å²) in [6.45, 7) is 5.36. The molecule has 0 aliphatic carbocycles. The number of carbonyl (C=O) groups is 1. The van der Waals surface area contributed by atoms with Crippen molar-refractivity contribution in [2.75, 3.05) is 0 Å². The second kappa shape index (κ2) is 2.85. The molecule has 1 aromatic rings. The van der Waals surface area contributed by atoms with E-state index in [1.807, 2.05) is 18.4 Å². The molecule has 1 aliphatic heterocycles. The van der Waals surface area contributed by atoms with Crippen LogP contribution in [0.4, 0.5) is 0 Å². The maximum Gasteiger partial charge on any atom is 0.250 e. The molecule has 0 bridgehead atoms. The summed E-state index contributed by atoms with van der Waals surface area (Å²) in [5.74, 6) is -0.385.